The number of aromatic nitrogens is 1. The van der Waals surface area contributed by atoms with Gasteiger partial charge in [-0.3, -0.25) is 9.59 Å². The second-order valence-corrected chi connectivity index (χ2v) is 7.42. The van der Waals surface area contributed by atoms with Crippen LogP contribution in [0.3, 0.4) is 0 Å². The molecule has 0 bridgehead atoms. The molecule has 1 rings (SSSR count). The van der Waals surface area contributed by atoms with Gasteiger partial charge in [0.2, 0.25) is 15.9 Å². The molecular weight excluding hydrogens is 338 g/mol. The molecule has 9 nitrogen and oxygen atoms in total. The van der Waals surface area contributed by atoms with Crippen LogP contribution in [-0.4, -0.2) is 54.1 Å². The van der Waals surface area contributed by atoms with E-state index in [-0.39, 0.29) is 35.4 Å². The summed E-state index contributed by atoms with van der Waals surface area (Å²) in [6.45, 7) is 7.83. The summed E-state index contributed by atoms with van der Waals surface area (Å²) in [5.74, 6) is -1.40. The van der Waals surface area contributed by atoms with Crippen LogP contribution >= 0.6 is 0 Å². The van der Waals surface area contributed by atoms with Crippen LogP contribution in [0.5, 0.6) is 0 Å². The van der Waals surface area contributed by atoms with Gasteiger partial charge in [-0.1, -0.05) is 5.16 Å². The standard InChI is InChI=1S/C14H23N3O6S/c1-8(2)17(7-6-12(18)19)14(20)10(4)16-24(21,22)13-9(3)15-23-11(13)5/h8,10,16H,6-7H2,1-5H3,(H,18,19). The van der Waals surface area contributed by atoms with Crippen LogP contribution in [0.4, 0.5) is 0 Å². The zero-order valence-electron chi connectivity index (χ0n) is 14.4. The predicted molar refractivity (Wildman–Crippen MR) is 84.9 cm³/mol. The third kappa shape index (κ3) is 4.78. The van der Waals surface area contributed by atoms with Gasteiger partial charge < -0.3 is 14.5 Å². The van der Waals surface area contributed by atoms with Crippen LogP contribution in [-0.2, 0) is 19.6 Å². The van der Waals surface area contributed by atoms with Crippen LogP contribution in [0.25, 0.3) is 0 Å². The van der Waals surface area contributed by atoms with E-state index in [9.17, 15) is 18.0 Å². The smallest absolute Gasteiger partial charge is 0.305 e. The molecule has 1 aromatic heterocycles. The van der Waals surface area contributed by atoms with E-state index in [1.807, 2.05) is 0 Å². The van der Waals surface area contributed by atoms with Gasteiger partial charge in [-0.25, -0.2) is 8.42 Å². The number of aryl methyl sites for hydroxylation is 2. The van der Waals surface area contributed by atoms with Crippen LogP contribution in [0.15, 0.2) is 9.42 Å². The molecule has 0 fully saturated rings. The number of carbonyl (C=O) groups is 2. The lowest BCUT2D eigenvalue weighted by atomic mass is 10.2. The highest BCUT2D eigenvalue weighted by atomic mass is 32.2. The average molecular weight is 361 g/mol. The number of sulfonamides is 1. The third-order valence-electron chi connectivity index (χ3n) is 3.41. The number of amides is 1. The number of carbonyl (C=O) groups excluding carboxylic acids is 1. The van der Waals surface area contributed by atoms with Crippen molar-refractivity contribution in [2.45, 2.75) is 58.0 Å². The van der Waals surface area contributed by atoms with Crippen molar-refractivity contribution >= 4 is 21.9 Å². The third-order valence-corrected chi connectivity index (χ3v) is 5.20. The largest absolute Gasteiger partial charge is 0.481 e. The number of carboxylic acid groups (broad SMARTS) is 1. The molecule has 0 saturated heterocycles. The van der Waals surface area contributed by atoms with Crippen molar-refractivity contribution in [1.82, 2.24) is 14.8 Å². The molecule has 0 aromatic carbocycles. The summed E-state index contributed by atoms with van der Waals surface area (Å²) in [4.78, 5) is 24.4. The lowest BCUT2D eigenvalue weighted by molar-refractivity contribution is -0.139. The second kappa shape index (κ2) is 7.75. The summed E-state index contributed by atoms with van der Waals surface area (Å²) in [5.41, 5.74) is 0.200. The quantitative estimate of drug-likeness (QED) is 0.696. The van der Waals surface area contributed by atoms with Crippen LogP contribution in [0.1, 0.15) is 38.6 Å². The first kappa shape index (κ1) is 20.1. The molecular formula is C14H23N3O6S. The van der Waals surface area contributed by atoms with Crippen LogP contribution < -0.4 is 4.72 Å². The number of rotatable bonds is 8. The van der Waals surface area contributed by atoms with Crippen molar-refractivity contribution in [3.8, 4) is 0 Å². The van der Waals surface area contributed by atoms with Gasteiger partial charge in [-0.2, -0.15) is 4.72 Å². The summed E-state index contributed by atoms with van der Waals surface area (Å²) in [7, 11) is -3.98. The van der Waals surface area contributed by atoms with Crippen molar-refractivity contribution < 1.29 is 27.6 Å². The van der Waals surface area contributed by atoms with Crippen molar-refractivity contribution in [2.75, 3.05) is 6.54 Å². The van der Waals surface area contributed by atoms with Crippen molar-refractivity contribution in [3.63, 3.8) is 0 Å². The molecule has 0 radical (unpaired) electrons. The first-order valence-electron chi connectivity index (χ1n) is 7.44. The number of hydrogen-bond acceptors (Lipinski definition) is 6. The zero-order valence-corrected chi connectivity index (χ0v) is 15.2. The minimum absolute atomic E-state index is 0.00320. The molecule has 0 aliphatic carbocycles. The van der Waals surface area contributed by atoms with Crippen LogP contribution in [0, 0.1) is 13.8 Å². The number of nitrogens with one attached hydrogen (secondary N) is 1. The van der Waals surface area contributed by atoms with E-state index in [0.29, 0.717) is 0 Å². The molecule has 1 unspecified atom stereocenters. The molecule has 136 valence electrons. The van der Waals surface area contributed by atoms with E-state index in [1.54, 1.807) is 13.8 Å². The number of nitrogens with zero attached hydrogens (tertiary/aromatic N) is 2. The topological polar surface area (TPSA) is 130 Å². The Labute approximate surface area is 141 Å². The fraction of sp³-hybridized carbons (Fsp3) is 0.643. The van der Waals surface area contributed by atoms with Crippen LogP contribution in [0.2, 0.25) is 0 Å². The van der Waals surface area contributed by atoms with E-state index in [0.717, 1.165) is 0 Å². The minimum atomic E-state index is -3.98. The van der Waals surface area contributed by atoms with Gasteiger partial charge >= 0.3 is 5.97 Å². The predicted octanol–water partition coefficient (Wildman–Crippen LogP) is 0.670. The van der Waals surface area contributed by atoms with E-state index < -0.39 is 27.9 Å². The fourth-order valence-electron chi connectivity index (χ4n) is 2.29. The summed E-state index contributed by atoms with van der Waals surface area (Å²) in [6, 6.07) is -1.32. The van der Waals surface area contributed by atoms with Gasteiger partial charge in [-0.05, 0) is 34.6 Å². The normalized spacial score (nSPS) is 13.1. The Kier molecular flexibility index (Phi) is 6.50. The van der Waals surface area contributed by atoms with E-state index in [1.165, 1.54) is 25.7 Å². The van der Waals surface area contributed by atoms with Gasteiger partial charge in [0, 0.05) is 12.6 Å². The minimum Gasteiger partial charge on any atom is -0.481 e. The Morgan fingerprint density at radius 2 is 1.88 bits per heavy atom. The summed E-state index contributed by atoms with van der Waals surface area (Å²) < 4.78 is 32.0. The molecule has 1 heterocycles. The lowest BCUT2D eigenvalue weighted by Gasteiger charge is -2.29. The van der Waals surface area contributed by atoms with Gasteiger partial charge in [-0.15, -0.1) is 0 Å². The monoisotopic (exact) mass is 361 g/mol. The summed E-state index contributed by atoms with van der Waals surface area (Å²) in [5, 5.41) is 12.4. The highest BCUT2D eigenvalue weighted by Crippen LogP contribution is 2.19. The molecule has 0 spiro atoms. The highest BCUT2D eigenvalue weighted by Gasteiger charge is 2.30. The average Bonchev–Trinajstić information content (AvgIpc) is 2.77. The highest BCUT2D eigenvalue weighted by molar-refractivity contribution is 7.89. The molecule has 2 N–H and O–H groups in total. The lowest BCUT2D eigenvalue weighted by Crippen LogP contribution is -2.49. The van der Waals surface area contributed by atoms with Crippen molar-refractivity contribution in [3.05, 3.63) is 11.5 Å². The Morgan fingerprint density at radius 1 is 1.29 bits per heavy atom. The Morgan fingerprint density at radius 3 is 2.29 bits per heavy atom. The first-order valence-corrected chi connectivity index (χ1v) is 8.93. The zero-order chi connectivity index (χ0) is 18.7. The Balaban J connectivity index is 2.93. The summed E-state index contributed by atoms with van der Waals surface area (Å²) >= 11 is 0. The Hall–Kier alpha value is -1.94. The van der Waals surface area contributed by atoms with E-state index in [2.05, 4.69) is 9.88 Å². The Bertz CT molecular complexity index is 691. The number of aliphatic carboxylic acids is 1. The van der Waals surface area contributed by atoms with Crippen molar-refractivity contribution in [1.29, 1.82) is 0 Å². The molecule has 0 saturated carbocycles. The van der Waals surface area contributed by atoms with E-state index >= 15 is 0 Å². The van der Waals surface area contributed by atoms with Gasteiger partial charge in [0.25, 0.3) is 0 Å². The first-order chi connectivity index (χ1) is 11.0. The molecule has 1 atom stereocenters. The molecule has 0 aliphatic heterocycles. The number of hydrogen-bond donors (Lipinski definition) is 2. The van der Waals surface area contributed by atoms with Gasteiger partial charge in [0.05, 0.1) is 12.5 Å². The van der Waals surface area contributed by atoms with E-state index in [4.69, 9.17) is 9.63 Å². The van der Waals surface area contributed by atoms with Crippen molar-refractivity contribution in [2.24, 2.45) is 0 Å². The molecule has 1 aromatic rings. The fourth-order valence-corrected chi connectivity index (χ4v) is 3.81. The SMILES string of the molecule is Cc1noc(C)c1S(=O)(=O)NC(C)C(=O)N(CCC(=O)O)C(C)C. The number of carboxylic acids is 1. The molecule has 1 amide bonds. The molecule has 10 heteroatoms. The van der Waals surface area contributed by atoms with Gasteiger partial charge in [0.1, 0.15) is 10.6 Å². The molecule has 0 aliphatic rings. The summed E-state index contributed by atoms with van der Waals surface area (Å²) in [6.07, 6.45) is -0.215. The maximum absolute atomic E-state index is 12.5. The van der Waals surface area contributed by atoms with Gasteiger partial charge in [0.15, 0.2) is 5.76 Å². The molecule has 24 heavy (non-hydrogen) atoms. The maximum atomic E-state index is 12.5. The maximum Gasteiger partial charge on any atom is 0.305 e. The second-order valence-electron chi connectivity index (χ2n) is 5.77.